The van der Waals surface area contributed by atoms with Gasteiger partial charge in [0.05, 0.1) is 30.5 Å². The molecule has 5 heteroatoms. The molecule has 2 rings (SSSR count). The van der Waals surface area contributed by atoms with Crippen LogP contribution in [0.25, 0.3) is 11.4 Å². The van der Waals surface area contributed by atoms with Gasteiger partial charge in [-0.2, -0.15) is 0 Å². The number of ether oxygens (including phenoxy) is 1. The molecule has 0 radical (unpaired) electrons. The first-order chi connectivity index (χ1) is 7.63. The smallest absolute Gasteiger partial charge is 0.354 e. The van der Waals surface area contributed by atoms with Crippen molar-refractivity contribution in [1.82, 2.24) is 14.5 Å². The maximum Gasteiger partial charge on any atom is 0.354 e. The summed E-state index contributed by atoms with van der Waals surface area (Å²) in [5.74, 6) is -0.369. The highest BCUT2D eigenvalue weighted by molar-refractivity contribution is 5.88. The number of hydrogen-bond donors (Lipinski definition) is 1. The van der Waals surface area contributed by atoms with Gasteiger partial charge in [0.15, 0.2) is 0 Å². The molecule has 2 aromatic rings. The van der Waals surface area contributed by atoms with Crippen LogP contribution in [0.1, 0.15) is 16.2 Å². The lowest BCUT2D eigenvalue weighted by Gasteiger charge is -2.01. The number of nitrogens with zero attached hydrogens (tertiary/aromatic N) is 2. The van der Waals surface area contributed by atoms with Crippen molar-refractivity contribution in [2.75, 3.05) is 7.11 Å². The number of nitrogens with one attached hydrogen (secondary N) is 1. The number of imidazole rings is 1. The molecule has 2 heterocycles. The van der Waals surface area contributed by atoms with Crippen LogP contribution in [-0.4, -0.2) is 27.6 Å². The summed E-state index contributed by atoms with van der Waals surface area (Å²) in [6.45, 7) is 1.92. The van der Waals surface area contributed by atoms with Crippen LogP contribution in [0.2, 0.25) is 0 Å². The van der Waals surface area contributed by atoms with Gasteiger partial charge in [0.1, 0.15) is 5.69 Å². The lowest BCUT2D eigenvalue weighted by Crippen LogP contribution is -2.01. The van der Waals surface area contributed by atoms with Gasteiger partial charge in [-0.1, -0.05) is 0 Å². The molecule has 0 aliphatic heterocycles. The van der Waals surface area contributed by atoms with Crippen molar-refractivity contribution in [3.63, 3.8) is 0 Å². The summed E-state index contributed by atoms with van der Waals surface area (Å²) >= 11 is 0. The third-order valence-corrected chi connectivity index (χ3v) is 2.47. The van der Waals surface area contributed by atoms with Gasteiger partial charge in [0.2, 0.25) is 0 Å². The van der Waals surface area contributed by atoms with E-state index in [9.17, 15) is 4.79 Å². The van der Waals surface area contributed by atoms with E-state index in [1.807, 2.05) is 24.6 Å². The van der Waals surface area contributed by atoms with Crippen molar-refractivity contribution in [1.29, 1.82) is 0 Å². The fourth-order valence-corrected chi connectivity index (χ4v) is 1.69. The normalized spacial score (nSPS) is 10.4. The van der Waals surface area contributed by atoms with E-state index in [2.05, 4.69) is 14.7 Å². The van der Waals surface area contributed by atoms with Crippen LogP contribution in [0.15, 0.2) is 18.5 Å². The molecule has 0 saturated carbocycles. The largest absolute Gasteiger partial charge is 0.464 e. The van der Waals surface area contributed by atoms with Crippen LogP contribution in [0.5, 0.6) is 0 Å². The Morgan fingerprint density at radius 3 is 2.81 bits per heavy atom. The number of methoxy groups -OCH3 is 1. The lowest BCUT2D eigenvalue weighted by atomic mass is 10.2. The molecule has 0 spiro atoms. The maximum absolute atomic E-state index is 11.3. The predicted octanol–water partition coefficient (Wildman–Crippen LogP) is 1.51. The second-order valence-corrected chi connectivity index (χ2v) is 3.57. The van der Waals surface area contributed by atoms with Crippen molar-refractivity contribution in [2.24, 2.45) is 7.05 Å². The zero-order valence-electron chi connectivity index (χ0n) is 9.44. The van der Waals surface area contributed by atoms with E-state index in [0.29, 0.717) is 5.69 Å². The van der Waals surface area contributed by atoms with Gasteiger partial charge in [-0.15, -0.1) is 0 Å². The molecule has 0 fully saturated rings. The average molecular weight is 219 g/mol. The summed E-state index contributed by atoms with van der Waals surface area (Å²) in [6, 6.07) is 3.55. The van der Waals surface area contributed by atoms with E-state index >= 15 is 0 Å². The Hall–Kier alpha value is -2.04. The molecule has 0 atom stereocenters. The zero-order chi connectivity index (χ0) is 11.7. The second-order valence-electron chi connectivity index (χ2n) is 3.57. The Kier molecular flexibility index (Phi) is 2.52. The molecule has 0 unspecified atom stereocenters. The first kappa shape index (κ1) is 10.5. The van der Waals surface area contributed by atoms with Crippen LogP contribution < -0.4 is 0 Å². The van der Waals surface area contributed by atoms with Gasteiger partial charge in [-0.05, 0) is 19.1 Å². The number of carbonyl (C=O) groups is 1. The summed E-state index contributed by atoms with van der Waals surface area (Å²) in [6.07, 6.45) is 1.74. The minimum absolute atomic E-state index is 0.369. The van der Waals surface area contributed by atoms with Crippen molar-refractivity contribution >= 4 is 5.97 Å². The van der Waals surface area contributed by atoms with E-state index in [-0.39, 0.29) is 5.97 Å². The number of aryl methyl sites for hydroxylation is 2. The summed E-state index contributed by atoms with van der Waals surface area (Å²) in [7, 11) is 3.27. The monoisotopic (exact) mass is 219 g/mol. The molecule has 0 aliphatic carbocycles. The highest BCUT2D eigenvalue weighted by Gasteiger charge is 2.13. The standard InChI is InChI=1S/C11H13N3O2/c1-7-10(14(2)6-12-7)8-4-5-9(13-8)11(15)16-3/h4-6,13H,1-3H3. The van der Waals surface area contributed by atoms with Crippen LogP contribution in [0, 0.1) is 6.92 Å². The van der Waals surface area contributed by atoms with Gasteiger partial charge < -0.3 is 14.3 Å². The van der Waals surface area contributed by atoms with Gasteiger partial charge >= 0.3 is 5.97 Å². The third-order valence-electron chi connectivity index (χ3n) is 2.47. The number of aromatic amines is 1. The molecule has 0 aromatic carbocycles. The molecule has 84 valence electrons. The predicted molar refractivity (Wildman–Crippen MR) is 59.1 cm³/mol. The Morgan fingerprint density at radius 2 is 2.25 bits per heavy atom. The molecular formula is C11H13N3O2. The Bertz CT molecular complexity index is 506. The molecule has 0 aliphatic rings. The van der Waals surface area contributed by atoms with Crippen LogP contribution in [0.4, 0.5) is 0 Å². The zero-order valence-corrected chi connectivity index (χ0v) is 9.44. The minimum atomic E-state index is -0.369. The van der Waals surface area contributed by atoms with Gasteiger partial charge in [-0.3, -0.25) is 0 Å². The number of carbonyl (C=O) groups excluding carboxylic acids is 1. The molecule has 2 aromatic heterocycles. The van der Waals surface area contributed by atoms with Gasteiger partial charge in [0.25, 0.3) is 0 Å². The Balaban J connectivity index is 2.43. The number of rotatable bonds is 2. The number of hydrogen-bond acceptors (Lipinski definition) is 3. The maximum atomic E-state index is 11.3. The highest BCUT2D eigenvalue weighted by Crippen LogP contribution is 2.21. The van der Waals surface area contributed by atoms with Crippen LogP contribution in [0.3, 0.4) is 0 Å². The third kappa shape index (κ3) is 1.60. The van der Waals surface area contributed by atoms with Crippen molar-refractivity contribution in [3.05, 3.63) is 29.8 Å². The summed E-state index contributed by atoms with van der Waals surface area (Å²) in [5, 5.41) is 0. The molecule has 0 amide bonds. The first-order valence-corrected chi connectivity index (χ1v) is 4.89. The van der Waals surface area contributed by atoms with E-state index < -0.39 is 0 Å². The first-order valence-electron chi connectivity index (χ1n) is 4.89. The van der Waals surface area contributed by atoms with Crippen LogP contribution in [-0.2, 0) is 11.8 Å². The SMILES string of the molecule is COC(=O)c1ccc(-c2c(C)ncn2C)[nH]1. The molecule has 0 bridgehead atoms. The Labute approximate surface area is 93.1 Å². The Morgan fingerprint density at radius 1 is 1.50 bits per heavy atom. The molecule has 0 saturated heterocycles. The van der Waals surface area contributed by atoms with Crippen LogP contribution >= 0.6 is 0 Å². The number of aromatic nitrogens is 3. The summed E-state index contributed by atoms with van der Waals surface area (Å²) in [4.78, 5) is 18.5. The van der Waals surface area contributed by atoms with Crippen molar-refractivity contribution < 1.29 is 9.53 Å². The van der Waals surface area contributed by atoms with E-state index in [1.165, 1.54) is 7.11 Å². The second kappa shape index (κ2) is 3.84. The average Bonchev–Trinajstić information content (AvgIpc) is 2.85. The fraction of sp³-hybridized carbons (Fsp3) is 0.273. The summed E-state index contributed by atoms with van der Waals surface area (Å²) < 4.78 is 6.54. The summed E-state index contributed by atoms with van der Waals surface area (Å²) in [5.41, 5.74) is 3.19. The minimum Gasteiger partial charge on any atom is -0.464 e. The molecular weight excluding hydrogens is 206 g/mol. The molecule has 1 N–H and O–H groups in total. The lowest BCUT2D eigenvalue weighted by molar-refractivity contribution is 0.0595. The highest BCUT2D eigenvalue weighted by atomic mass is 16.5. The van der Waals surface area contributed by atoms with E-state index in [0.717, 1.165) is 17.1 Å². The number of esters is 1. The number of H-pyrrole nitrogens is 1. The van der Waals surface area contributed by atoms with Gasteiger partial charge in [0, 0.05) is 7.05 Å². The van der Waals surface area contributed by atoms with E-state index in [4.69, 9.17) is 0 Å². The van der Waals surface area contributed by atoms with E-state index in [1.54, 1.807) is 12.4 Å². The molecule has 16 heavy (non-hydrogen) atoms. The molecule has 5 nitrogen and oxygen atoms in total. The van der Waals surface area contributed by atoms with Crippen molar-refractivity contribution in [2.45, 2.75) is 6.92 Å². The fourth-order valence-electron chi connectivity index (χ4n) is 1.69. The van der Waals surface area contributed by atoms with Gasteiger partial charge in [-0.25, -0.2) is 9.78 Å². The topological polar surface area (TPSA) is 59.9 Å². The quantitative estimate of drug-likeness (QED) is 0.779. The van der Waals surface area contributed by atoms with Crippen molar-refractivity contribution in [3.8, 4) is 11.4 Å².